The Hall–Kier alpha value is -0.570. The Balaban J connectivity index is 0.00000324. The van der Waals surface area contributed by atoms with Gasteiger partial charge in [0.15, 0.2) is 5.60 Å². The summed E-state index contributed by atoms with van der Waals surface area (Å²) >= 11 is 0. The van der Waals surface area contributed by atoms with E-state index < -0.39 is 36.7 Å². The number of nitrogens with two attached hydrogens (primary N) is 1. The number of nitrogens with zero attached hydrogens (tertiary/aromatic N) is 1. The first kappa shape index (κ1) is 18.4. The maximum absolute atomic E-state index is 12.7. The smallest absolute Gasteiger partial charge is 0.383 e. The van der Waals surface area contributed by atoms with Crippen molar-refractivity contribution in [2.75, 3.05) is 26.8 Å². The Morgan fingerprint density at radius 1 is 1.58 bits per heavy atom. The first-order chi connectivity index (χ1) is 8.21. The van der Waals surface area contributed by atoms with Gasteiger partial charge in [-0.25, -0.2) is 0 Å². The number of carbonyl (C=O) groups excluding carboxylic acids is 1. The second-order valence-corrected chi connectivity index (χ2v) is 4.45. The highest BCUT2D eigenvalue weighted by atomic mass is 35.5. The summed E-state index contributed by atoms with van der Waals surface area (Å²) in [7, 11) is 1.34. The van der Waals surface area contributed by atoms with Crippen molar-refractivity contribution in [1.82, 2.24) is 4.90 Å². The summed E-state index contributed by atoms with van der Waals surface area (Å²) in [6.07, 6.45) is -5.07. The van der Waals surface area contributed by atoms with E-state index in [1.54, 1.807) is 0 Å². The molecule has 0 saturated carbocycles. The number of amides is 1. The lowest BCUT2D eigenvalue weighted by atomic mass is 9.92. The van der Waals surface area contributed by atoms with Crippen LogP contribution < -0.4 is 5.73 Å². The van der Waals surface area contributed by atoms with E-state index in [0.717, 1.165) is 4.90 Å². The Kier molecular flexibility index (Phi) is 6.53. The number of carbonyl (C=O) groups is 1. The zero-order valence-corrected chi connectivity index (χ0v) is 11.3. The van der Waals surface area contributed by atoms with Gasteiger partial charge in [-0.15, -0.1) is 12.4 Å². The van der Waals surface area contributed by atoms with E-state index in [1.165, 1.54) is 7.11 Å². The summed E-state index contributed by atoms with van der Waals surface area (Å²) in [5.41, 5.74) is 2.64. The molecule has 0 spiro atoms. The largest absolute Gasteiger partial charge is 0.418 e. The molecule has 114 valence electrons. The van der Waals surface area contributed by atoms with E-state index in [9.17, 15) is 23.1 Å². The van der Waals surface area contributed by atoms with Gasteiger partial charge < -0.3 is 20.5 Å². The van der Waals surface area contributed by atoms with Gasteiger partial charge >= 0.3 is 6.18 Å². The number of halogens is 4. The molecule has 1 heterocycles. The molecule has 1 amide bonds. The Bertz CT molecular complexity index is 317. The average Bonchev–Trinajstić information content (AvgIpc) is 2.27. The third kappa shape index (κ3) is 4.20. The Morgan fingerprint density at radius 2 is 2.16 bits per heavy atom. The molecule has 1 rings (SSSR count). The van der Waals surface area contributed by atoms with Crippen molar-refractivity contribution < 1.29 is 27.8 Å². The van der Waals surface area contributed by atoms with E-state index in [2.05, 4.69) is 4.74 Å². The monoisotopic (exact) mass is 306 g/mol. The maximum atomic E-state index is 12.7. The molecule has 1 saturated heterocycles. The fourth-order valence-electron chi connectivity index (χ4n) is 1.94. The van der Waals surface area contributed by atoms with Crippen LogP contribution in [0.1, 0.15) is 12.8 Å². The molecule has 2 atom stereocenters. The minimum atomic E-state index is -4.75. The van der Waals surface area contributed by atoms with Crippen molar-refractivity contribution in [1.29, 1.82) is 0 Å². The summed E-state index contributed by atoms with van der Waals surface area (Å²) in [4.78, 5) is 12.7. The number of rotatable bonds is 3. The van der Waals surface area contributed by atoms with Crippen LogP contribution in [0.25, 0.3) is 0 Å². The zero-order chi connectivity index (χ0) is 14.0. The number of β-amino-alcohol motifs (C(OH)–C–C–N with tert-alkyl or cyclic N) is 1. The zero-order valence-electron chi connectivity index (χ0n) is 10.4. The van der Waals surface area contributed by atoms with Gasteiger partial charge in [0.05, 0.1) is 13.2 Å². The number of hydrogen-bond acceptors (Lipinski definition) is 4. The van der Waals surface area contributed by atoms with Crippen LogP contribution in [0.3, 0.4) is 0 Å². The molecule has 0 radical (unpaired) electrons. The summed E-state index contributed by atoms with van der Waals surface area (Å²) < 4.78 is 42.7. The molecule has 1 aliphatic rings. The summed E-state index contributed by atoms with van der Waals surface area (Å²) in [6.45, 7) is -0.679. The van der Waals surface area contributed by atoms with E-state index in [1.807, 2.05) is 0 Å². The number of ether oxygens (including phenoxy) is 1. The quantitative estimate of drug-likeness (QED) is 0.786. The summed E-state index contributed by atoms with van der Waals surface area (Å²) in [5.74, 6) is -0.640. The minimum Gasteiger partial charge on any atom is -0.383 e. The molecular formula is C10H18ClF3N2O3. The summed E-state index contributed by atoms with van der Waals surface area (Å²) in [5, 5.41) is 9.55. The van der Waals surface area contributed by atoms with Gasteiger partial charge in [-0.2, -0.15) is 13.2 Å². The van der Waals surface area contributed by atoms with Gasteiger partial charge in [-0.3, -0.25) is 4.79 Å². The van der Waals surface area contributed by atoms with Gasteiger partial charge in [0.25, 0.3) is 0 Å². The van der Waals surface area contributed by atoms with Gasteiger partial charge in [0.1, 0.15) is 6.04 Å². The molecule has 3 N–H and O–H groups in total. The van der Waals surface area contributed by atoms with E-state index >= 15 is 0 Å². The van der Waals surface area contributed by atoms with Crippen LogP contribution in [0.15, 0.2) is 0 Å². The molecule has 19 heavy (non-hydrogen) atoms. The number of alkyl halides is 3. The second kappa shape index (κ2) is 6.74. The number of piperidine rings is 1. The topological polar surface area (TPSA) is 75.8 Å². The molecule has 1 aliphatic heterocycles. The van der Waals surface area contributed by atoms with Gasteiger partial charge in [-0.1, -0.05) is 0 Å². The third-order valence-corrected chi connectivity index (χ3v) is 2.97. The first-order valence-corrected chi connectivity index (χ1v) is 5.54. The number of likely N-dealkylation sites (tertiary alicyclic amines) is 1. The average molecular weight is 307 g/mol. The van der Waals surface area contributed by atoms with Crippen LogP contribution in [-0.2, 0) is 9.53 Å². The lowest BCUT2D eigenvalue weighted by molar-refractivity contribution is -0.272. The summed E-state index contributed by atoms with van der Waals surface area (Å²) in [6, 6.07) is -1.01. The highest BCUT2D eigenvalue weighted by molar-refractivity contribution is 5.85. The Morgan fingerprint density at radius 3 is 2.63 bits per heavy atom. The minimum absolute atomic E-state index is 0. The predicted octanol–water partition coefficient (Wildman–Crippen LogP) is 0.298. The normalized spacial score (nSPS) is 25.7. The molecule has 0 aromatic heterocycles. The van der Waals surface area contributed by atoms with Crippen molar-refractivity contribution in [3.63, 3.8) is 0 Å². The Labute approximate surface area is 115 Å². The van der Waals surface area contributed by atoms with Crippen LogP contribution in [0, 0.1) is 0 Å². The highest BCUT2D eigenvalue weighted by Gasteiger charge is 2.56. The van der Waals surface area contributed by atoms with Gasteiger partial charge in [0, 0.05) is 13.7 Å². The van der Waals surface area contributed by atoms with Crippen LogP contribution in [0.2, 0.25) is 0 Å². The lowest BCUT2D eigenvalue weighted by Crippen LogP contribution is -2.60. The molecule has 1 fully saturated rings. The van der Waals surface area contributed by atoms with Crippen molar-refractivity contribution >= 4 is 18.3 Å². The second-order valence-electron chi connectivity index (χ2n) is 4.45. The van der Waals surface area contributed by atoms with Crippen LogP contribution >= 0.6 is 12.4 Å². The van der Waals surface area contributed by atoms with Gasteiger partial charge in [-0.05, 0) is 12.8 Å². The molecule has 0 aliphatic carbocycles. The van der Waals surface area contributed by atoms with Crippen molar-refractivity contribution in [3.05, 3.63) is 0 Å². The van der Waals surface area contributed by atoms with Crippen molar-refractivity contribution in [2.24, 2.45) is 5.73 Å². The van der Waals surface area contributed by atoms with Crippen LogP contribution in [0.5, 0.6) is 0 Å². The van der Waals surface area contributed by atoms with Crippen LogP contribution in [0.4, 0.5) is 13.2 Å². The van der Waals surface area contributed by atoms with Gasteiger partial charge in [0.2, 0.25) is 5.91 Å². The predicted molar refractivity (Wildman–Crippen MR) is 63.9 cm³/mol. The molecule has 5 nitrogen and oxygen atoms in total. The highest BCUT2D eigenvalue weighted by Crippen LogP contribution is 2.37. The lowest BCUT2D eigenvalue weighted by Gasteiger charge is -2.40. The molecule has 0 aromatic carbocycles. The molecule has 0 aromatic rings. The van der Waals surface area contributed by atoms with Crippen molar-refractivity contribution in [3.8, 4) is 0 Å². The van der Waals surface area contributed by atoms with Crippen molar-refractivity contribution in [2.45, 2.75) is 30.7 Å². The van der Waals surface area contributed by atoms with Crippen LogP contribution in [-0.4, -0.2) is 60.5 Å². The molecule has 2 unspecified atom stereocenters. The number of aliphatic hydroxyl groups is 1. The number of hydrogen-bond donors (Lipinski definition) is 2. The van der Waals surface area contributed by atoms with E-state index in [-0.39, 0.29) is 32.0 Å². The molecule has 0 bridgehead atoms. The molecular weight excluding hydrogens is 289 g/mol. The first-order valence-electron chi connectivity index (χ1n) is 5.54. The standard InChI is InChI=1S/C10H17F3N2O3.ClH/c1-18-5-7(14)8(16)15-4-2-3-9(17,6-15)10(11,12)13;/h7,17H,2-6,14H2,1H3;1H. The van der Waals surface area contributed by atoms with E-state index in [0.29, 0.717) is 0 Å². The SMILES string of the molecule is COCC(N)C(=O)N1CCCC(O)(C(F)(F)F)C1.Cl. The number of methoxy groups -OCH3 is 1. The fourth-order valence-corrected chi connectivity index (χ4v) is 1.94. The third-order valence-electron chi connectivity index (χ3n) is 2.97. The maximum Gasteiger partial charge on any atom is 0.418 e. The fraction of sp³-hybridized carbons (Fsp3) is 0.900. The molecule has 9 heteroatoms. The van der Waals surface area contributed by atoms with E-state index in [4.69, 9.17) is 5.73 Å².